The minimum atomic E-state index is -0.300. The van der Waals surface area contributed by atoms with Crippen LogP contribution in [0, 0.1) is 0 Å². The van der Waals surface area contributed by atoms with Gasteiger partial charge in [-0.05, 0) is 41.8 Å². The number of hydrogen-bond donors (Lipinski definition) is 2. The standard InChI is InChI=1S/C17H18ClN3O2/c18-15-3-1-13(2-4-15)7-10-20-16(22)11-17(23)21-12-14-5-8-19-9-6-14/h1-6,8-9H,7,10-12H2,(H,20,22)(H,21,23). The number of amides is 2. The number of carbonyl (C=O) groups is 2. The largest absolute Gasteiger partial charge is 0.355 e. The molecule has 2 amide bonds. The maximum Gasteiger partial charge on any atom is 0.229 e. The zero-order valence-electron chi connectivity index (χ0n) is 12.6. The van der Waals surface area contributed by atoms with Gasteiger partial charge in [-0.3, -0.25) is 14.6 Å². The Labute approximate surface area is 140 Å². The average Bonchev–Trinajstić information content (AvgIpc) is 2.56. The molecular weight excluding hydrogens is 314 g/mol. The normalized spacial score (nSPS) is 10.1. The van der Waals surface area contributed by atoms with Crippen molar-refractivity contribution in [3.8, 4) is 0 Å². The number of carbonyl (C=O) groups excluding carboxylic acids is 2. The number of pyridine rings is 1. The molecule has 0 aliphatic heterocycles. The lowest BCUT2D eigenvalue weighted by Gasteiger charge is -2.07. The van der Waals surface area contributed by atoms with E-state index in [1.54, 1.807) is 12.4 Å². The van der Waals surface area contributed by atoms with Gasteiger partial charge in [0, 0.05) is 30.5 Å². The molecule has 1 aromatic carbocycles. The fourth-order valence-corrected chi connectivity index (χ4v) is 2.10. The number of nitrogens with zero attached hydrogens (tertiary/aromatic N) is 1. The summed E-state index contributed by atoms with van der Waals surface area (Å²) in [5.74, 6) is -0.586. The van der Waals surface area contributed by atoms with Gasteiger partial charge in [0.15, 0.2) is 0 Å². The maximum absolute atomic E-state index is 11.7. The Morgan fingerprint density at radius 1 is 0.913 bits per heavy atom. The van der Waals surface area contributed by atoms with Crippen molar-refractivity contribution >= 4 is 23.4 Å². The van der Waals surface area contributed by atoms with Crippen LogP contribution in [0.25, 0.3) is 0 Å². The fourth-order valence-electron chi connectivity index (χ4n) is 1.97. The van der Waals surface area contributed by atoms with Crippen molar-refractivity contribution in [3.05, 3.63) is 64.9 Å². The molecule has 0 spiro atoms. The summed E-state index contributed by atoms with van der Waals surface area (Å²) in [6, 6.07) is 11.1. The van der Waals surface area contributed by atoms with Crippen molar-refractivity contribution in [2.45, 2.75) is 19.4 Å². The second-order valence-corrected chi connectivity index (χ2v) is 5.47. The van der Waals surface area contributed by atoms with Gasteiger partial charge in [-0.1, -0.05) is 23.7 Å². The molecule has 2 N–H and O–H groups in total. The topological polar surface area (TPSA) is 71.1 Å². The van der Waals surface area contributed by atoms with Crippen LogP contribution in [0.3, 0.4) is 0 Å². The van der Waals surface area contributed by atoms with Crippen LogP contribution in [0.2, 0.25) is 5.02 Å². The molecule has 1 aromatic heterocycles. The zero-order valence-corrected chi connectivity index (χ0v) is 13.3. The predicted octanol–water partition coefficient (Wildman–Crippen LogP) is 2.10. The van der Waals surface area contributed by atoms with Gasteiger partial charge in [0.2, 0.25) is 11.8 Å². The van der Waals surface area contributed by atoms with Crippen LogP contribution in [0.1, 0.15) is 17.5 Å². The molecule has 23 heavy (non-hydrogen) atoms. The summed E-state index contributed by atoms with van der Waals surface area (Å²) < 4.78 is 0. The van der Waals surface area contributed by atoms with Crippen molar-refractivity contribution in [2.75, 3.05) is 6.54 Å². The molecule has 0 saturated carbocycles. The highest BCUT2D eigenvalue weighted by atomic mass is 35.5. The minimum Gasteiger partial charge on any atom is -0.355 e. The monoisotopic (exact) mass is 331 g/mol. The molecule has 0 fully saturated rings. The first-order valence-electron chi connectivity index (χ1n) is 7.30. The highest BCUT2D eigenvalue weighted by Crippen LogP contribution is 2.09. The Morgan fingerprint density at radius 2 is 1.57 bits per heavy atom. The summed E-state index contributed by atoms with van der Waals surface area (Å²) >= 11 is 5.81. The third-order valence-electron chi connectivity index (χ3n) is 3.21. The van der Waals surface area contributed by atoms with Gasteiger partial charge in [-0.15, -0.1) is 0 Å². The SMILES string of the molecule is O=C(CC(=O)NCc1ccncc1)NCCc1ccc(Cl)cc1. The highest BCUT2D eigenvalue weighted by molar-refractivity contribution is 6.30. The summed E-state index contributed by atoms with van der Waals surface area (Å²) in [5.41, 5.74) is 2.02. The van der Waals surface area contributed by atoms with Gasteiger partial charge < -0.3 is 10.6 Å². The number of hydrogen-bond acceptors (Lipinski definition) is 3. The summed E-state index contributed by atoms with van der Waals surface area (Å²) in [6.45, 7) is 0.873. The Morgan fingerprint density at radius 3 is 2.26 bits per heavy atom. The van der Waals surface area contributed by atoms with Gasteiger partial charge >= 0.3 is 0 Å². The van der Waals surface area contributed by atoms with E-state index in [0.717, 1.165) is 11.1 Å². The molecule has 2 rings (SSSR count). The maximum atomic E-state index is 11.7. The lowest BCUT2D eigenvalue weighted by Crippen LogP contribution is -2.32. The highest BCUT2D eigenvalue weighted by Gasteiger charge is 2.08. The van der Waals surface area contributed by atoms with E-state index >= 15 is 0 Å². The van der Waals surface area contributed by atoms with Crippen LogP contribution in [-0.2, 0) is 22.6 Å². The molecule has 0 unspecified atom stereocenters. The molecule has 0 aliphatic rings. The van der Waals surface area contributed by atoms with E-state index in [2.05, 4.69) is 15.6 Å². The Hall–Kier alpha value is -2.40. The first-order valence-corrected chi connectivity index (χ1v) is 7.68. The molecule has 2 aromatic rings. The van der Waals surface area contributed by atoms with Crippen molar-refractivity contribution in [2.24, 2.45) is 0 Å². The van der Waals surface area contributed by atoms with E-state index in [-0.39, 0.29) is 18.2 Å². The molecule has 0 aliphatic carbocycles. The van der Waals surface area contributed by atoms with Gasteiger partial charge in [0.25, 0.3) is 0 Å². The first-order chi connectivity index (χ1) is 11.1. The molecular formula is C17H18ClN3O2. The molecule has 1 heterocycles. The van der Waals surface area contributed by atoms with Crippen LogP contribution < -0.4 is 10.6 Å². The zero-order chi connectivity index (χ0) is 16.5. The molecule has 120 valence electrons. The van der Waals surface area contributed by atoms with Gasteiger partial charge in [0.05, 0.1) is 0 Å². The van der Waals surface area contributed by atoms with E-state index < -0.39 is 0 Å². The third-order valence-corrected chi connectivity index (χ3v) is 3.46. The fraction of sp³-hybridized carbons (Fsp3) is 0.235. The number of benzene rings is 1. The van der Waals surface area contributed by atoms with Crippen LogP contribution >= 0.6 is 11.6 Å². The Balaban J connectivity index is 1.64. The third kappa shape index (κ3) is 6.48. The van der Waals surface area contributed by atoms with Gasteiger partial charge in [-0.25, -0.2) is 0 Å². The van der Waals surface area contributed by atoms with Crippen LogP contribution in [0.4, 0.5) is 0 Å². The smallest absolute Gasteiger partial charge is 0.229 e. The molecule has 5 nitrogen and oxygen atoms in total. The van der Waals surface area contributed by atoms with Crippen molar-refractivity contribution in [1.82, 2.24) is 15.6 Å². The number of halogens is 1. The van der Waals surface area contributed by atoms with Gasteiger partial charge in [-0.2, -0.15) is 0 Å². The minimum absolute atomic E-state index is 0.175. The lowest BCUT2D eigenvalue weighted by atomic mass is 10.1. The van der Waals surface area contributed by atoms with E-state index in [4.69, 9.17) is 11.6 Å². The second kappa shape index (κ2) is 8.90. The number of aromatic nitrogens is 1. The van der Waals surface area contributed by atoms with E-state index in [9.17, 15) is 9.59 Å². The molecule has 0 bridgehead atoms. The number of nitrogens with one attached hydrogen (secondary N) is 2. The van der Waals surface area contributed by atoms with Crippen molar-refractivity contribution < 1.29 is 9.59 Å². The number of rotatable bonds is 7. The summed E-state index contributed by atoms with van der Waals surface area (Å²) in [5, 5.41) is 6.12. The quantitative estimate of drug-likeness (QED) is 0.763. The van der Waals surface area contributed by atoms with E-state index in [1.165, 1.54) is 0 Å². The van der Waals surface area contributed by atoms with Gasteiger partial charge in [0.1, 0.15) is 6.42 Å². The first kappa shape index (κ1) is 17.0. The lowest BCUT2D eigenvalue weighted by molar-refractivity contribution is -0.129. The van der Waals surface area contributed by atoms with Crippen LogP contribution in [-0.4, -0.2) is 23.3 Å². The van der Waals surface area contributed by atoms with Crippen molar-refractivity contribution in [3.63, 3.8) is 0 Å². The Kier molecular flexibility index (Phi) is 6.56. The molecule has 0 radical (unpaired) electrons. The summed E-state index contributed by atoms with van der Waals surface area (Å²) in [4.78, 5) is 27.3. The van der Waals surface area contributed by atoms with Crippen LogP contribution in [0.15, 0.2) is 48.8 Å². The second-order valence-electron chi connectivity index (χ2n) is 5.04. The van der Waals surface area contributed by atoms with Crippen molar-refractivity contribution in [1.29, 1.82) is 0 Å². The Bertz CT molecular complexity index is 645. The predicted molar refractivity (Wildman–Crippen MR) is 88.9 cm³/mol. The van der Waals surface area contributed by atoms with E-state index in [0.29, 0.717) is 24.5 Å². The molecule has 0 atom stereocenters. The molecule has 0 saturated heterocycles. The molecule has 6 heteroatoms. The summed E-state index contributed by atoms with van der Waals surface area (Å²) in [6.07, 6.45) is 3.84. The summed E-state index contributed by atoms with van der Waals surface area (Å²) in [7, 11) is 0. The average molecular weight is 332 g/mol. The van der Waals surface area contributed by atoms with Crippen LogP contribution in [0.5, 0.6) is 0 Å². The van der Waals surface area contributed by atoms with E-state index in [1.807, 2.05) is 36.4 Å².